The third-order valence-corrected chi connectivity index (χ3v) is 4.54. The molecule has 0 aromatic heterocycles. The van der Waals surface area contributed by atoms with Gasteiger partial charge in [0.1, 0.15) is 0 Å². The third-order valence-electron chi connectivity index (χ3n) is 4.32. The lowest BCUT2D eigenvalue weighted by molar-refractivity contribution is 0.529. The van der Waals surface area contributed by atoms with Gasteiger partial charge in [-0.25, -0.2) is 0 Å². The predicted molar refractivity (Wildman–Crippen MR) is 97.3 cm³/mol. The summed E-state index contributed by atoms with van der Waals surface area (Å²) in [4.78, 5) is 0. The van der Waals surface area contributed by atoms with E-state index in [9.17, 15) is 0 Å². The maximum Gasteiger partial charge on any atom is 0.171 e. The van der Waals surface area contributed by atoms with Crippen LogP contribution in [-0.2, 0) is 12.8 Å². The normalized spacial score (nSPS) is 16.7. The summed E-state index contributed by atoms with van der Waals surface area (Å²) >= 11 is 5.53. The lowest BCUT2D eigenvalue weighted by Crippen LogP contribution is -2.34. The Labute approximate surface area is 137 Å². The van der Waals surface area contributed by atoms with E-state index in [-0.39, 0.29) is 0 Å². The van der Waals surface area contributed by atoms with Gasteiger partial charge in [-0.3, -0.25) is 0 Å². The molecule has 2 nitrogen and oxygen atoms in total. The Kier molecular flexibility index (Phi) is 4.74. The van der Waals surface area contributed by atoms with Crippen molar-refractivity contribution in [3.63, 3.8) is 0 Å². The summed E-state index contributed by atoms with van der Waals surface area (Å²) in [5, 5.41) is 7.57. The number of para-hydroxylation sites is 1. The van der Waals surface area contributed by atoms with Crippen molar-refractivity contribution in [2.75, 3.05) is 5.32 Å². The average molecular weight is 310 g/mol. The van der Waals surface area contributed by atoms with Crippen LogP contribution in [-0.4, -0.2) is 5.11 Å². The number of benzene rings is 2. The molecule has 1 aliphatic carbocycles. The van der Waals surface area contributed by atoms with Crippen LogP contribution in [0.2, 0.25) is 0 Å². The molecule has 2 aromatic rings. The van der Waals surface area contributed by atoms with Gasteiger partial charge in [0.25, 0.3) is 0 Å². The van der Waals surface area contributed by atoms with Gasteiger partial charge in [0.15, 0.2) is 5.11 Å². The van der Waals surface area contributed by atoms with Crippen LogP contribution in [0.15, 0.2) is 48.5 Å². The van der Waals surface area contributed by atoms with Crippen LogP contribution in [0, 0.1) is 0 Å². The van der Waals surface area contributed by atoms with E-state index in [2.05, 4.69) is 60.0 Å². The van der Waals surface area contributed by atoms with Crippen LogP contribution in [0.4, 0.5) is 5.69 Å². The molecule has 1 atom stereocenters. The largest absolute Gasteiger partial charge is 0.356 e. The van der Waals surface area contributed by atoms with Gasteiger partial charge in [-0.05, 0) is 60.7 Å². The molecule has 3 heteroatoms. The van der Waals surface area contributed by atoms with Crippen molar-refractivity contribution in [3.05, 3.63) is 65.2 Å². The van der Waals surface area contributed by atoms with E-state index in [1.165, 1.54) is 29.5 Å². The molecule has 0 saturated heterocycles. The van der Waals surface area contributed by atoms with Crippen molar-refractivity contribution in [1.82, 2.24) is 5.32 Å². The first-order valence-corrected chi connectivity index (χ1v) is 8.42. The minimum atomic E-state index is 0.318. The van der Waals surface area contributed by atoms with Crippen LogP contribution in [0.3, 0.4) is 0 Å². The van der Waals surface area contributed by atoms with Crippen molar-refractivity contribution in [1.29, 1.82) is 0 Å². The molecule has 0 radical (unpaired) electrons. The van der Waals surface area contributed by atoms with Crippen LogP contribution >= 0.6 is 12.2 Å². The lowest BCUT2D eigenvalue weighted by atomic mass is 9.88. The van der Waals surface area contributed by atoms with Crippen molar-refractivity contribution in [2.45, 2.75) is 38.6 Å². The van der Waals surface area contributed by atoms with Crippen LogP contribution in [0.1, 0.15) is 42.5 Å². The van der Waals surface area contributed by atoms with E-state index in [1.54, 1.807) is 0 Å². The zero-order valence-electron chi connectivity index (χ0n) is 12.9. The van der Waals surface area contributed by atoms with Gasteiger partial charge >= 0.3 is 0 Å². The highest BCUT2D eigenvalue weighted by Gasteiger charge is 2.20. The monoisotopic (exact) mass is 310 g/mol. The number of fused-ring (bicyclic) bond motifs is 1. The van der Waals surface area contributed by atoms with Crippen molar-refractivity contribution >= 4 is 23.0 Å². The number of hydrogen-bond donors (Lipinski definition) is 2. The van der Waals surface area contributed by atoms with Gasteiger partial charge in [0.2, 0.25) is 0 Å². The summed E-state index contributed by atoms with van der Waals surface area (Å²) < 4.78 is 0. The molecule has 0 amide bonds. The van der Waals surface area contributed by atoms with Crippen molar-refractivity contribution < 1.29 is 0 Å². The number of anilines is 1. The van der Waals surface area contributed by atoms with E-state index < -0.39 is 0 Å². The molecule has 1 unspecified atom stereocenters. The maximum absolute atomic E-state index is 5.53. The maximum atomic E-state index is 5.53. The number of aryl methyl sites for hydroxylation is 2. The van der Waals surface area contributed by atoms with Gasteiger partial charge in [0.05, 0.1) is 6.04 Å². The lowest BCUT2D eigenvalue weighted by Gasteiger charge is -2.27. The van der Waals surface area contributed by atoms with Gasteiger partial charge in [0, 0.05) is 5.69 Å². The summed E-state index contributed by atoms with van der Waals surface area (Å²) in [6.45, 7) is 2.16. The van der Waals surface area contributed by atoms with Gasteiger partial charge in [-0.1, -0.05) is 49.4 Å². The van der Waals surface area contributed by atoms with Crippen LogP contribution in [0.5, 0.6) is 0 Å². The molecular formula is C19H22N2S. The Morgan fingerprint density at radius 2 is 1.91 bits per heavy atom. The molecule has 0 aliphatic heterocycles. The predicted octanol–water partition coefficient (Wildman–Crippen LogP) is 4.61. The summed E-state index contributed by atoms with van der Waals surface area (Å²) in [6.07, 6.45) is 4.52. The highest BCUT2D eigenvalue weighted by molar-refractivity contribution is 7.80. The van der Waals surface area contributed by atoms with E-state index in [0.29, 0.717) is 11.2 Å². The number of thiocarbonyl (C=S) groups is 1. The Bertz CT molecular complexity index is 666. The van der Waals surface area contributed by atoms with E-state index in [1.807, 2.05) is 6.07 Å². The molecule has 3 rings (SSSR count). The molecule has 1 aliphatic rings. The quantitative estimate of drug-likeness (QED) is 0.809. The Balaban J connectivity index is 1.70. The van der Waals surface area contributed by atoms with Gasteiger partial charge < -0.3 is 10.6 Å². The Morgan fingerprint density at radius 3 is 2.77 bits per heavy atom. The molecule has 0 bridgehead atoms. The Hall–Kier alpha value is -1.87. The van der Waals surface area contributed by atoms with E-state index >= 15 is 0 Å². The SMILES string of the molecule is CCc1ccccc1NC(=S)NC1CCCc2ccccc21. The molecule has 114 valence electrons. The standard InChI is InChI=1S/C19H22N2S/c1-2-14-8-4-6-12-17(14)20-19(22)21-18-13-7-10-15-9-3-5-11-16(15)18/h3-6,8-9,11-12,18H,2,7,10,13H2,1H3,(H2,20,21,22). The number of hydrogen-bond acceptors (Lipinski definition) is 1. The first-order chi connectivity index (χ1) is 10.8. The zero-order chi connectivity index (χ0) is 15.4. The Morgan fingerprint density at radius 1 is 1.14 bits per heavy atom. The average Bonchev–Trinajstić information content (AvgIpc) is 2.55. The summed E-state index contributed by atoms with van der Waals surface area (Å²) in [7, 11) is 0. The van der Waals surface area contributed by atoms with E-state index in [4.69, 9.17) is 12.2 Å². The van der Waals surface area contributed by atoms with Crippen LogP contribution in [0.25, 0.3) is 0 Å². The fourth-order valence-corrected chi connectivity index (χ4v) is 3.42. The van der Waals surface area contributed by atoms with Gasteiger partial charge in [-0.15, -0.1) is 0 Å². The second-order valence-electron chi connectivity index (χ2n) is 5.75. The molecular weight excluding hydrogens is 288 g/mol. The highest BCUT2D eigenvalue weighted by Crippen LogP contribution is 2.29. The summed E-state index contributed by atoms with van der Waals surface area (Å²) in [6, 6.07) is 17.3. The second-order valence-corrected chi connectivity index (χ2v) is 6.16. The molecule has 0 heterocycles. The molecule has 2 N–H and O–H groups in total. The third kappa shape index (κ3) is 3.30. The van der Waals surface area contributed by atoms with E-state index in [0.717, 1.165) is 18.5 Å². The topological polar surface area (TPSA) is 24.1 Å². The molecule has 0 fully saturated rings. The van der Waals surface area contributed by atoms with Gasteiger partial charge in [-0.2, -0.15) is 0 Å². The molecule has 2 aromatic carbocycles. The fraction of sp³-hybridized carbons (Fsp3) is 0.316. The zero-order valence-corrected chi connectivity index (χ0v) is 13.7. The summed E-state index contributed by atoms with van der Waals surface area (Å²) in [5.41, 5.74) is 5.23. The number of nitrogens with one attached hydrogen (secondary N) is 2. The van der Waals surface area contributed by atoms with Crippen LogP contribution < -0.4 is 10.6 Å². The molecule has 22 heavy (non-hydrogen) atoms. The molecule has 0 spiro atoms. The molecule has 0 saturated carbocycles. The number of rotatable bonds is 3. The summed E-state index contributed by atoms with van der Waals surface area (Å²) in [5.74, 6) is 0. The minimum absolute atomic E-state index is 0.318. The second kappa shape index (κ2) is 6.93. The minimum Gasteiger partial charge on any atom is -0.356 e. The van der Waals surface area contributed by atoms with Crippen molar-refractivity contribution in [3.8, 4) is 0 Å². The first-order valence-electron chi connectivity index (χ1n) is 8.01. The first kappa shape index (κ1) is 15.0. The smallest absolute Gasteiger partial charge is 0.171 e. The fourth-order valence-electron chi connectivity index (χ4n) is 3.17. The highest BCUT2D eigenvalue weighted by atomic mass is 32.1. The van der Waals surface area contributed by atoms with Crippen molar-refractivity contribution in [2.24, 2.45) is 0 Å².